The first-order valence-electron chi connectivity index (χ1n) is 14.5. The summed E-state index contributed by atoms with van der Waals surface area (Å²) in [5.41, 5.74) is 6.54. The maximum Gasteiger partial charge on any atom is 0.410 e. The number of fused-ring (bicyclic) bond motifs is 1. The van der Waals surface area contributed by atoms with Gasteiger partial charge in [0.15, 0.2) is 0 Å². The number of benzene rings is 3. The van der Waals surface area contributed by atoms with Crippen LogP contribution in [0, 0.1) is 0 Å². The normalized spacial score (nSPS) is 15.9. The van der Waals surface area contributed by atoms with Gasteiger partial charge in [-0.3, -0.25) is 14.7 Å². The van der Waals surface area contributed by atoms with Crippen LogP contribution in [-0.2, 0) is 11.3 Å². The third-order valence-corrected chi connectivity index (χ3v) is 7.71. The molecule has 0 saturated carbocycles. The van der Waals surface area contributed by atoms with Gasteiger partial charge in [-0.05, 0) is 80.3 Å². The number of hydrogen-bond acceptors (Lipinski definition) is 6. The summed E-state index contributed by atoms with van der Waals surface area (Å²) in [6, 6.07) is 21.7. The van der Waals surface area contributed by atoms with Crippen LogP contribution in [0.25, 0.3) is 11.1 Å². The molecule has 8 heteroatoms. The second kappa shape index (κ2) is 12.4. The van der Waals surface area contributed by atoms with Gasteiger partial charge in [0, 0.05) is 49.6 Å². The summed E-state index contributed by atoms with van der Waals surface area (Å²) in [6.07, 6.45) is -0.287. The zero-order chi connectivity index (χ0) is 29.9. The minimum atomic E-state index is -0.527. The second-order valence-electron chi connectivity index (χ2n) is 11.9. The summed E-state index contributed by atoms with van der Waals surface area (Å²) < 4.78 is 11.0. The van der Waals surface area contributed by atoms with E-state index in [2.05, 4.69) is 33.4 Å². The monoisotopic (exact) mass is 568 g/mol. The Morgan fingerprint density at radius 2 is 1.69 bits per heavy atom. The molecular weight excluding hydrogens is 528 g/mol. The zero-order valence-corrected chi connectivity index (χ0v) is 25.1. The molecular formula is C34H40N4O4. The second-order valence-corrected chi connectivity index (χ2v) is 11.9. The number of rotatable bonds is 7. The molecule has 8 nitrogen and oxygen atoms in total. The Hall–Kier alpha value is -4.17. The predicted octanol–water partition coefficient (Wildman–Crippen LogP) is 5.71. The van der Waals surface area contributed by atoms with Crippen molar-refractivity contribution < 1.29 is 19.1 Å². The van der Waals surface area contributed by atoms with Crippen LogP contribution in [0.5, 0.6) is 5.75 Å². The van der Waals surface area contributed by atoms with Gasteiger partial charge < -0.3 is 19.7 Å². The largest absolute Gasteiger partial charge is 0.497 e. The van der Waals surface area contributed by atoms with Crippen LogP contribution in [0.4, 0.5) is 4.79 Å². The highest BCUT2D eigenvalue weighted by Crippen LogP contribution is 2.28. The topological polar surface area (TPSA) is 83.5 Å². The van der Waals surface area contributed by atoms with Crippen molar-refractivity contribution in [2.24, 2.45) is 4.99 Å². The highest BCUT2D eigenvalue weighted by molar-refractivity contribution is 6.03. The number of aliphatic imine (C=N–C) groups is 1. The average molecular weight is 569 g/mol. The fourth-order valence-corrected chi connectivity index (χ4v) is 5.39. The number of piperazine rings is 1. The van der Waals surface area contributed by atoms with Crippen molar-refractivity contribution in [2.75, 3.05) is 39.8 Å². The van der Waals surface area contributed by atoms with Crippen LogP contribution >= 0.6 is 0 Å². The lowest BCUT2D eigenvalue weighted by Gasteiger charge is -2.37. The standard InChI is InChI=1S/C34H40N4O4/c1-23-30-20-25(12-13-28(30)21-35-23)24-8-6-10-27(18-24)32(39)36-31(26-9-7-11-29(19-26)41-5)22-37-14-16-38(17-15-37)33(40)42-34(2,3)4/h6-13,18-20,31H,14-17,21-22H2,1-5H3,(H,36,39). The van der Waals surface area contributed by atoms with E-state index in [0.29, 0.717) is 38.3 Å². The molecule has 220 valence electrons. The number of hydrogen-bond donors (Lipinski definition) is 1. The Bertz CT molecular complexity index is 1480. The molecule has 5 rings (SSSR count). The van der Waals surface area contributed by atoms with Crippen molar-refractivity contribution >= 4 is 17.7 Å². The van der Waals surface area contributed by atoms with Crippen LogP contribution in [0.3, 0.4) is 0 Å². The molecule has 2 aliphatic heterocycles. The fourth-order valence-electron chi connectivity index (χ4n) is 5.39. The van der Waals surface area contributed by atoms with E-state index in [0.717, 1.165) is 34.7 Å². The highest BCUT2D eigenvalue weighted by Gasteiger charge is 2.28. The first-order valence-corrected chi connectivity index (χ1v) is 14.5. The van der Waals surface area contributed by atoms with Gasteiger partial charge in [-0.25, -0.2) is 4.79 Å². The van der Waals surface area contributed by atoms with Crippen molar-refractivity contribution in [3.63, 3.8) is 0 Å². The lowest BCUT2D eigenvalue weighted by atomic mass is 9.97. The third kappa shape index (κ3) is 6.99. The maximum atomic E-state index is 13.7. The van der Waals surface area contributed by atoms with Gasteiger partial charge in [-0.15, -0.1) is 0 Å². The van der Waals surface area contributed by atoms with Crippen LogP contribution in [-0.4, -0.2) is 72.9 Å². The first-order chi connectivity index (χ1) is 20.1. The number of nitrogens with zero attached hydrogens (tertiary/aromatic N) is 3. The van der Waals surface area contributed by atoms with Gasteiger partial charge in [0.05, 0.1) is 19.7 Å². The molecule has 1 unspecified atom stereocenters. The lowest BCUT2D eigenvalue weighted by molar-refractivity contribution is 0.0139. The Kier molecular flexibility index (Phi) is 8.64. The minimum Gasteiger partial charge on any atom is -0.497 e. The van der Waals surface area contributed by atoms with Crippen LogP contribution in [0.15, 0.2) is 71.7 Å². The van der Waals surface area contributed by atoms with E-state index in [9.17, 15) is 9.59 Å². The van der Waals surface area contributed by atoms with E-state index < -0.39 is 5.60 Å². The summed E-state index contributed by atoms with van der Waals surface area (Å²) in [5, 5.41) is 3.28. The van der Waals surface area contributed by atoms with Gasteiger partial charge in [0.1, 0.15) is 11.4 Å². The predicted molar refractivity (Wildman–Crippen MR) is 165 cm³/mol. The fraction of sp³-hybridized carbons (Fsp3) is 0.382. The number of amides is 2. The third-order valence-electron chi connectivity index (χ3n) is 7.71. The van der Waals surface area contributed by atoms with Gasteiger partial charge in [-0.1, -0.05) is 36.4 Å². The summed E-state index contributed by atoms with van der Waals surface area (Å²) in [6.45, 7) is 11.5. The Morgan fingerprint density at radius 1 is 0.952 bits per heavy atom. The number of carbonyl (C=O) groups is 2. The number of ether oxygens (including phenoxy) is 2. The molecule has 3 aromatic carbocycles. The van der Waals surface area contributed by atoms with Crippen molar-refractivity contribution in [3.8, 4) is 16.9 Å². The molecule has 2 heterocycles. The zero-order valence-electron chi connectivity index (χ0n) is 25.1. The van der Waals surface area contributed by atoms with Gasteiger partial charge in [0.25, 0.3) is 5.91 Å². The summed E-state index contributed by atoms with van der Waals surface area (Å²) >= 11 is 0. The Morgan fingerprint density at radius 3 is 2.43 bits per heavy atom. The summed E-state index contributed by atoms with van der Waals surface area (Å²) in [5.74, 6) is 0.592. The number of nitrogens with one attached hydrogen (secondary N) is 1. The molecule has 1 fully saturated rings. The van der Waals surface area contributed by atoms with E-state index in [1.54, 1.807) is 12.0 Å². The first kappa shape index (κ1) is 29.3. The lowest BCUT2D eigenvalue weighted by Crippen LogP contribution is -2.51. The molecule has 2 amide bonds. The molecule has 1 N–H and O–H groups in total. The quantitative estimate of drug-likeness (QED) is 0.395. The smallest absolute Gasteiger partial charge is 0.410 e. The van der Waals surface area contributed by atoms with Gasteiger partial charge in [0.2, 0.25) is 0 Å². The van der Waals surface area contributed by atoms with Crippen molar-refractivity contribution in [3.05, 3.63) is 89.0 Å². The molecule has 3 aromatic rings. The van der Waals surface area contributed by atoms with Crippen LogP contribution in [0.1, 0.15) is 60.8 Å². The molecule has 1 atom stereocenters. The maximum absolute atomic E-state index is 13.7. The highest BCUT2D eigenvalue weighted by atomic mass is 16.6. The SMILES string of the molecule is COc1cccc(C(CN2CCN(C(=O)OC(C)(C)C)CC2)NC(=O)c2cccc(-c3ccc4c(c3)C(C)=NC4)c2)c1. The molecule has 1 saturated heterocycles. The van der Waals surface area contributed by atoms with Crippen LogP contribution in [0.2, 0.25) is 0 Å². The van der Waals surface area contributed by atoms with Crippen LogP contribution < -0.4 is 10.1 Å². The molecule has 42 heavy (non-hydrogen) atoms. The summed E-state index contributed by atoms with van der Waals surface area (Å²) in [7, 11) is 1.64. The molecule has 0 spiro atoms. The van der Waals surface area contributed by atoms with E-state index in [4.69, 9.17) is 9.47 Å². The molecule has 0 aliphatic carbocycles. The summed E-state index contributed by atoms with van der Waals surface area (Å²) in [4.78, 5) is 34.8. The molecule has 0 aromatic heterocycles. The molecule has 0 bridgehead atoms. The van der Waals surface area contributed by atoms with Crippen molar-refractivity contribution in [2.45, 2.75) is 45.9 Å². The molecule has 2 aliphatic rings. The van der Waals surface area contributed by atoms with Crippen molar-refractivity contribution in [1.29, 1.82) is 0 Å². The van der Waals surface area contributed by atoms with E-state index in [1.807, 2.05) is 76.2 Å². The Labute approximate surface area is 248 Å². The number of carbonyl (C=O) groups excluding carboxylic acids is 2. The van der Waals surface area contributed by atoms with Gasteiger partial charge in [-0.2, -0.15) is 0 Å². The van der Waals surface area contributed by atoms with Gasteiger partial charge >= 0.3 is 6.09 Å². The van der Waals surface area contributed by atoms with Crippen molar-refractivity contribution in [1.82, 2.24) is 15.1 Å². The molecule has 0 radical (unpaired) electrons. The van der Waals surface area contributed by atoms with E-state index in [1.165, 1.54) is 11.1 Å². The minimum absolute atomic E-state index is 0.143. The Balaban J connectivity index is 1.31. The number of methoxy groups -OCH3 is 1. The van der Waals surface area contributed by atoms with E-state index in [-0.39, 0.29) is 18.0 Å². The van der Waals surface area contributed by atoms with E-state index >= 15 is 0 Å². The average Bonchev–Trinajstić information content (AvgIpc) is 3.36.